The van der Waals surface area contributed by atoms with Crippen molar-refractivity contribution < 1.29 is 9.52 Å². The zero-order chi connectivity index (χ0) is 11.4. The molecule has 80 valence electrons. The van der Waals surface area contributed by atoms with Crippen LogP contribution in [0.25, 0.3) is 33.2 Å². The van der Waals surface area contributed by atoms with E-state index in [0.29, 0.717) is 0 Å². The maximum absolute atomic E-state index is 11.8. The van der Waals surface area contributed by atoms with Crippen LogP contribution in [0.15, 0.2) is 53.1 Å². The third-order valence-electron chi connectivity index (χ3n) is 3.30. The van der Waals surface area contributed by atoms with E-state index in [1.165, 1.54) is 6.26 Å². The lowest BCUT2D eigenvalue weighted by Gasteiger charge is -2.04. The Morgan fingerprint density at radius 2 is 1.59 bits per heavy atom. The minimum atomic E-state index is -0.0570. The van der Waals surface area contributed by atoms with Gasteiger partial charge in [-0.3, -0.25) is 0 Å². The lowest BCUT2D eigenvalue weighted by molar-refractivity contribution is -0.267. The van der Waals surface area contributed by atoms with Crippen molar-refractivity contribution in [3.8, 4) is 28.2 Å². The first-order valence-corrected chi connectivity index (χ1v) is 5.50. The molecule has 0 bridgehead atoms. The summed E-state index contributed by atoms with van der Waals surface area (Å²) in [7, 11) is 0. The van der Waals surface area contributed by atoms with Crippen molar-refractivity contribution in [2.75, 3.05) is 0 Å². The highest BCUT2D eigenvalue weighted by Gasteiger charge is 2.30. The van der Waals surface area contributed by atoms with Gasteiger partial charge in [0.2, 0.25) is 0 Å². The van der Waals surface area contributed by atoms with E-state index in [9.17, 15) is 5.11 Å². The van der Waals surface area contributed by atoms with Crippen LogP contribution in [0.5, 0.6) is 5.75 Å². The lowest BCUT2D eigenvalue weighted by Crippen LogP contribution is -1.90. The summed E-state index contributed by atoms with van der Waals surface area (Å²) in [4.78, 5) is 0. The van der Waals surface area contributed by atoms with E-state index >= 15 is 0 Å². The van der Waals surface area contributed by atoms with Crippen LogP contribution < -0.4 is 5.11 Å². The highest BCUT2D eigenvalue weighted by molar-refractivity contribution is 6.14. The topological polar surface area (TPSA) is 34.4 Å². The smallest absolute Gasteiger partial charge is 0.368 e. The second-order valence-corrected chi connectivity index (χ2v) is 4.20. The van der Waals surface area contributed by atoms with E-state index in [1.807, 2.05) is 36.4 Å². The number of fused-ring (bicyclic) bond motifs is 3. The SMILES string of the molecule is [O-]c1c[o+]c2c3c(cccc13)-c1ccccc1-2. The quantitative estimate of drug-likeness (QED) is 0.425. The molecule has 0 amide bonds. The molecule has 0 saturated carbocycles. The molecule has 2 aromatic carbocycles. The molecule has 0 unspecified atom stereocenters. The Bertz CT molecular complexity index is 731. The molecule has 0 spiro atoms. The van der Waals surface area contributed by atoms with Crippen molar-refractivity contribution in [2.45, 2.75) is 0 Å². The molecule has 0 atom stereocenters. The molecular formula is C15H8O2. The molecule has 2 heteroatoms. The Kier molecular flexibility index (Phi) is 1.47. The van der Waals surface area contributed by atoms with Gasteiger partial charge in [0.15, 0.2) is 0 Å². The summed E-state index contributed by atoms with van der Waals surface area (Å²) in [5.74, 6) is 0.754. The zero-order valence-electron chi connectivity index (χ0n) is 8.94. The Morgan fingerprint density at radius 3 is 2.47 bits per heavy atom. The molecule has 1 heterocycles. The first-order valence-electron chi connectivity index (χ1n) is 5.50. The van der Waals surface area contributed by atoms with Crippen molar-refractivity contribution in [3.63, 3.8) is 0 Å². The largest absolute Gasteiger partial charge is 0.866 e. The first-order chi connectivity index (χ1) is 8.36. The Morgan fingerprint density at radius 1 is 0.824 bits per heavy atom. The fourth-order valence-corrected chi connectivity index (χ4v) is 2.58. The predicted octanol–water partition coefficient (Wildman–Crippen LogP) is 3.43. The summed E-state index contributed by atoms with van der Waals surface area (Å²) < 4.78 is 5.49. The summed E-state index contributed by atoms with van der Waals surface area (Å²) in [6, 6.07) is 13.9. The van der Waals surface area contributed by atoms with Gasteiger partial charge in [0.25, 0.3) is 0 Å². The standard InChI is InChI=1S/C15H8O2/c16-13-8-17-15-11-5-2-1-4-9(11)10-6-3-7-12(13)14(10)15/h1-8H. The van der Waals surface area contributed by atoms with Gasteiger partial charge in [-0.2, -0.15) is 0 Å². The molecule has 1 aromatic heterocycles. The van der Waals surface area contributed by atoms with E-state index in [-0.39, 0.29) is 5.75 Å². The van der Waals surface area contributed by atoms with Gasteiger partial charge in [-0.25, -0.2) is 4.42 Å². The van der Waals surface area contributed by atoms with Crippen LogP contribution in [-0.4, -0.2) is 0 Å². The summed E-state index contributed by atoms with van der Waals surface area (Å²) in [5, 5.41) is 13.4. The van der Waals surface area contributed by atoms with E-state index in [1.54, 1.807) is 0 Å². The Hall–Kier alpha value is -2.35. The molecule has 2 nitrogen and oxygen atoms in total. The van der Waals surface area contributed by atoms with Crippen molar-refractivity contribution in [1.29, 1.82) is 0 Å². The minimum absolute atomic E-state index is 0.0570. The van der Waals surface area contributed by atoms with E-state index in [4.69, 9.17) is 4.42 Å². The fraction of sp³-hybridized carbons (Fsp3) is 0. The van der Waals surface area contributed by atoms with Crippen LogP contribution in [-0.2, 0) is 0 Å². The van der Waals surface area contributed by atoms with Gasteiger partial charge in [0.05, 0.1) is 10.9 Å². The second kappa shape index (κ2) is 2.86. The molecule has 0 aliphatic heterocycles. The van der Waals surface area contributed by atoms with Crippen LogP contribution in [0.4, 0.5) is 0 Å². The fourth-order valence-electron chi connectivity index (χ4n) is 2.58. The molecule has 4 rings (SSSR count). The molecule has 0 saturated heterocycles. The second-order valence-electron chi connectivity index (χ2n) is 4.20. The number of benzene rings is 2. The third kappa shape index (κ3) is 0.972. The third-order valence-corrected chi connectivity index (χ3v) is 3.30. The van der Waals surface area contributed by atoms with Crippen molar-refractivity contribution >= 4 is 10.8 Å². The normalized spacial score (nSPS) is 11.8. The first kappa shape index (κ1) is 8.76. The minimum Gasteiger partial charge on any atom is -0.866 e. The molecule has 3 aromatic rings. The summed E-state index contributed by atoms with van der Waals surface area (Å²) in [5.41, 5.74) is 3.30. The average molecular weight is 220 g/mol. The van der Waals surface area contributed by atoms with Gasteiger partial charge < -0.3 is 5.11 Å². The van der Waals surface area contributed by atoms with Crippen LogP contribution in [0.3, 0.4) is 0 Å². The number of hydrogen-bond acceptors (Lipinski definition) is 1. The molecule has 0 radical (unpaired) electrons. The van der Waals surface area contributed by atoms with E-state index in [0.717, 1.165) is 33.2 Å². The van der Waals surface area contributed by atoms with Crippen molar-refractivity contribution in [3.05, 3.63) is 48.7 Å². The monoisotopic (exact) mass is 220 g/mol. The van der Waals surface area contributed by atoms with E-state index in [2.05, 4.69) is 6.07 Å². The maximum atomic E-state index is 11.8. The van der Waals surface area contributed by atoms with Gasteiger partial charge in [-0.1, -0.05) is 36.4 Å². The van der Waals surface area contributed by atoms with Gasteiger partial charge >= 0.3 is 12.0 Å². The predicted molar refractivity (Wildman–Crippen MR) is 64.5 cm³/mol. The molecule has 1 aliphatic carbocycles. The highest BCUT2D eigenvalue weighted by Crippen LogP contribution is 2.48. The van der Waals surface area contributed by atoms with Crippen molar-refractivity contribution in [2.24, 2.45) is 0 Å². The summed E-state index contributed by atoms with van der Waals surface area (Å²) >= 11 is 0. The van der Waals surface area contributed by atoms with Gasteiger partial charge in [-0.05, 0) is 28.3 Å². The van der Waals surface area contributed by atoms with Crippen LogP contribution in [0.2, 0.25) is 0 Å². The van der Waals surface area contributed by atoms with Crippen molar-refractivity contribution in [1.82, 2.24) is 0 Å². The molecule has 17 heavy (non-hydrogen) atoms. The lowest BCUT2D eigenvalue weighted by atomic mass is 10.0. The van der Waals surface area contributed by atoms with Crippen LogP contribution >= 0.6 is 0 Å². The number of rotatable bonds is 0. The van der Waals surface area contributed by atoms with Gasteiger partial charge in [0.1, 0.15) is 0 Å². The van der Waals surface area contributed by atoms with Crippen LogP contribution in [0.1, 0.15) is 0 Å². The molecule has 1 aliphatic rings. The van der Waals surface area contributed by atoms with Gasteiger partial charge in [-0.15, -0.1) is 0 Å². The Balaban J connectivity index is 2.30. The number of hydrogen-bond donors (Lipinski definition) is 0. The zero-order valence-corrected chi connectivity index (χ0v) is 8.94. The van der Waals surface area contributed by atoms with E-state index < -0.39 is 0 Å². The maximum Gasteiger partial charge on any atom is 0.368 e. The Labute approximate surface area is 97.8 Å². The highest BCUT2D eigenvalue weighted by atomic mass is 16.3. The average Bonchev–Trinajstić information content (AvgIpc) is 2.70. The molecular weight excluding hydrogens is 212 g/mol. The summed E-state index contributed by atoms with van der Waals surface area (Å²) in [6.07, 6.45) is 1.30. The summed E-state index contributed by atoms with van der Waals surface area (Å²) in [6.45, 7) is 0. The van der Waals surface area contributed by atoms with Gasteiger partial charge in [0, 0.05) is 0 Å². The van der Waals surface area contributed by atoms with Crippen LogP contribution in [0, 0.1) is 0 Å². The molecule has 0 fully saturated rings. The molecule has 0 N–H and O–H groups in total.